The number of hydrazone groups is 3. The molecule has 30 heteroatoms. The van der Waals surface area contributed by atoms with Crippen LogP contribution in [-0.2, 0) is 43.0 Å². The Labute approximate surface area is 528 Å². The summed E-state index contributed by atoms with van der Waals surface area (Å²) >= 11 is 0. The second kappa shape index (κ2) is 38.7. The number of likely N-dealkylation sites (tertiary alicyclic amines) is 1. The predicted octanol–water partition coefficient (Wildman–Crippen LogP) is 0.707. The number of aliphatic carboxylic acids is 1. The molecule has 3 fully saturated rings. The van der Waals surface area contributed by atoms with Crippen LogP contribution in [-0.4, -0.2) is 267 Å². The summed E-state index contributed by atoms with van der Waals surface area (Å²) < 4.78 is 44.0. The van der Waals surface area contributed by atoms with Crippen molar-refractivity contribution >= 4 is 78.0 Å². The molecule has 0 aliphatic carbocycles. The van der Waals surface area contributed by atoms with E-state index in [1.807, 2.05) is 50.8 Å². The predicted molar refractivity (Wildman–Crippen MR) is 333 cm³/mol. The van der Waals surface area contributed by atoms with Crippen LogP contribution in [0, 0.1) is 19.3 Å². The monoisotopic (exact) mass is 1270 g/mol. The average molecular weight is 1270 g/mol. The molecule has 28 nitrogen and oxygen atoms in total. The molecule has 3 aromatic rings. The zero-order valence-corrected chi connectivity index (χ0v) is 51.4. The van der Waals surface area contributed by atoms with E-state index < -0.39 is 55.3 Å². The van der Waals surface area contributed by atoms with Gasteiger partial charge in [-0.2, -0.15) is 15.3 Å². The molecular formula is C61H84F2N16O12. The van der Waals surface area contributed by atoms with Crippen LogP contribution in [0.5, 0.6) is 5.75 Å². The van der Waals surface area contributed by atoms with Crippen LogP contribution in [0.25, 0.3) is 10.9 Å². The van der Waals surface area contributed by atoms with E-state index >= 15 is 0 Å². The van der Waals surface area contributed by atoms with Crippen LogP contribution in [0.3, 0.4) is 0 Å². The Morgan fingerprint density at radius 3 is 2.09 bits per heavy atom. The first-order chi connectivity index (χ1) is 44.0. The number of unbranched alkanes of at least 4 members (excludes halogenated alkanes) is 2. The fourth-order valence-corrected chi connectivity index (χ4v) is 10.2. The number of fused-ring (bicyclic) bond motifs is 1. The number of hydrogen-bond acceptors (Lipinski definition) is 22. The second-order valence-corrected chi connectivity index (χ2v) is 22.1. The Kier molecular flexibility index (Phi) is 30.3. The molecule has 1 aromatic heterocycles. The molecule has 0 radical (unpaired) electrons. The zero-order valence-electron chi connectivity index (χ0n) is 51.4. The molecule has 2 aromatic carbocycles. The maximum atomic E-state index is 13.9. The first-order valence-corrected chi connectivity index (χ1v) is 30.3. The average Bonchev–Trinajstić information content (AvgIpc) is 1.96. The van der Waals surface area contributed by atoms with Crippen molar-refractivity contribution in [2.24, 2.45) is 15.3 Å². The number of ether oxygens (including phenoxy) is 3. The maximum Gasteiger partial charge on any atom is 0.317 e. The molecule has 0 bridgehead atoms. The van der Waals surface area contributed by atoms with E-state index in [-0.39, 0.29) is 69.3 Å². The molecule has 3 aliphatic rings. The molecule has 0 saturated carbocycles. The number of benzene rings is 2. The molecule has 4 heterocycles. The standard InChI is InChI=1S/C61H84F2N16O12/c1-3-50-35-61(62,63)41-79(50)58(85)38-65-60(88)52-17-18-64-54-15-14-51(34-53(52)54)91-33-7-20-73-29-31-78(32-30-73)57(84)9-6-4-5-8-55(82)72-68-37-49(16-19-66-69-42-70-67-36-48-12-10-47(2)11-13-48)71-56(83)39-74-21-22-75(40-59(86)87)24-26-77(44-90-46-81)28-27-76(25-23-74)43-89-45-80/h1,10-15,17-19,34,36-37,45-46,49-50,69-70H,4-9,16,20-33,35,38-44H2,2H3,(H,65,88)(H,71,83)(H,72,82)(H,86,87)/b66-19+,67-36+,68-37-/t49?,50-/m0/s1. The van der Waals surface area contributed by atoms with Crippen molar-refractivity contribution in [2.45, 2.75) is 76.3 Å². The smallest absolute Gasteiger partial charge is 0.317 e. The largest absolute Gasteiger partial charge is 0.494 e. The highest BCUT2D eigenvalue weighted by molar-refractivity contribution is 6.07. The van der Waals surface area contributed by atoms with E-state index in [9.17, 15) is 52.2 Å². The Hall–Kier alpha value is -8.76. The van der Waals surface area contributed by atoms with Crippen molar-refractivity contribution in [2.75, 3.05) is 138 Å². The van der Waals surface area contributed by atoms with Gasteiger partial charge in [0.05, 0.1) is 62.2 Å². The Morgan fingerprint density at radius 1 is 0.769 bits per heavy atom. The SMILES string of the molecule is C#C[C@H]1CC(F)(F)CN1C(=O)CNC(=O)c1ccnc2ccc(OCCCN3CCN(C(=O)CCCCCC(=O)N/N=C\C(C/C=N/NCN/N=C/c4ccc(C)cc4)NC(=O)CN4CCN(COC=O)CCN(COC=O)CCN(CC(=O)O)CC4)CC3)cc12. The number of aromatic nitrogens is 1. The third-order valence-corrected chi connectivity index (χ3v) is 15.2. The van der Waals surface area contributed by atoms with E-state index in [1.165, 1.54) is 18.5 Å². The number of nitrogens with one attached hydrogen (secondary N) is 5. The van der Waals surface area contributed by atoms with E-state index in [0.717, 1.165) is 22.6 Å². The molecule has 0 spiro atoms. The van der Waals surface area contributed by atoms with Crippen molar-refractivity contribution < 1.29 is 66.5 Å². The van der Waals surface area contributed by atoms with Gasteiger partial charge in [-0.25, -0.2) is 14.2 Å². The van der Waals surface area contributed by atoms with Crippen LogP contribution in [0.2, 0.25) is 0 Å². The number of carboxylic acid groups (broad SMARTS) is 1. The van der Waals surface area contributed by atoms with Crippen molar-refractivity contribution in [1.82, 2.24) is 66.2 Å². The number of carbonyl (C=O) groups is 8. The van der Waals surface area contributed by atoms with Crippen LogP contribution >= 0.6 is 0 Å². The van der Waals surface area contributed by atoms with Crippen molar-refractivity contribution in [3.8, 4) is 18.1 Å². The summed E-state index contributed by atoms with van der Waals surface area (Å²) in [4.78, 5) is 116. The topological polar surface area (TPSA) is 317 Å². The summed E-state index contributed by atoms with van der Waals surface area (Å²) in [5.74, 6) is -3.33. The number of carbonyl (C=O) groups excluding carboxylic acids is 7. The summed E-state index contributed by atoms with van der Waals surface area (Å²) in [5.41, 5.74) is 11.1. The highest BCUT2D eigenvalue weighted by Crippen LogP contribution is 2.32. The van der Waals surface area contributed by atoms with Gasteiger partial charge in [0.25, 0.3) is 24.8 Å². The molecule has 5 amide bonds. The summed E-state index contributed by atoms with van der Waals surface area (Å²) in [6.07, 6.45) is 14.0. The molecular weight excluding hydrogens is 1190 g/mol. The van der Waals surface area contributed by atoms with Gasteiger partial charge in [-0.3, -0.25) is 78.7 Å². The number of nitrogens with zero attached hydrogens (tertiary/aromatic N) is 11. The van der Waals surface area contributed by atoms with Gasteiger partial charge in [0, 0.05) is 135 Å². The minimum Gasteiger partial charge on any atom is -0.494 e. The number of alkyl halides is 2. The highest BCUT2D eigenvalue weighted by atomic mass is 19.3. The lowest BCUT2D eigenvalue weighted by molar-refractivity contribution is -0.139. The van der Waals surface area contributed by atoms with Gasteiger partial charge in [-0.05, 0) is 56.0 Å². The number of piperazine rings is 1. The van der Waals surface area contributed by atoms with Gasteiger partial charge < -0.3 is 39.8 Å². The quantitative estimate of drug-likeness (QED) is 0.0120. The normalized spacial score (nSPS) is 17.8. The van der Waals surface area contributed by atoms with Crippen molar-refractivity contribution in [3.63, 3.8) is 0 Å². The molecule has 494 valence electrons. The number of hydrogen-bond donors (Lipinski definition) is 6. The summed E-state index contributed by atoms with van der Waals surface area (Å²) in [6, 6.07) is 12.8. The lowest BCUT2D eigenvalue weighted by atomic mass is 10.1. The zero-order chi connectivity index (χ0) is 65.2. The van der Waals surface area contributed by atoms with Gasteiger partial charge in [-0.1, -0.05) is 42.2 Å². The molecule has 3 aliphatic heterocycles. The fourth-order valence-electron chi connectivity index (χ4n) is 10.2. The number of carboxylic acids is 1. The Bertz CT molecular complexity index is 2980. The number of halogens is 2. The van der Waals surface area contributed by atoms with Gasteiger partial charge >= 0.3 is 5.97 Å². The highest BCUT2D eigenvalue weighted by Gasteiger charge is 2.46. The minimum atomic E-state index is -3.09. The van der Waals surface area contributed by atoms with Gasteiger partial charge in [0.1, 0.15) is 25.9 Å². The van der Waals surface area contributed by atoms with Crippen molar-refractivity contribution in [1.29, 1.82) is 0 Å². The first-order valence-electron chi connectivity index (χ1n) is 30.3. The molecule has 1 unspecified atom stereocenters. The molecule has 91 heavy (non-hydrogen) atoms. The van der Waals surface area contributed by atoms with Crippen LogP contribution in [0.1, 0.15) is 72.9 Å². The van der Waals surface area contributed by atoms with E-state index in [2.05, 4.69) is 58.0 Å². The van der Waals surface area contributed by atoms with Gasteiger partial charge in [0.2, 0.25) is 23.6 Å². The van der Waals surface area contributed by atoms with E-state index in [1.54, 1.807) is 35.5 Å². The number of terminal acetylenes is 1. The third-order valence-electron chi connectivity index (χ3n) is 15.2. The maximum absolute atomic E-state index is 13.9. The second-order valence-electron chi connectivity index (χ2n) is 22.1. The van der Waals surface area contributed by atoms with E-state index in [0.29, 0.717) is 147 Å². The van der Waals surface area contributed by atoms with Crippen molar-refractivity contribution in [3.05, 3.63) is 71.4 Å². The lowest BCUT2D eigenvalue weighted by Gasteiger charge is -2.34. The lowest BCUT2D eigenvalue weighted by Crippen LogP contribution is -2.50. The van der Waals surface area contributed by atoms with Crippen LogP contribution in [0.4, 0.5) is 8.78 Å². The van der Waals surface area contributed by atoms with E-state index in [4.69, 9.17) is 20.6 Å². The molecule has 3 saturated heterocycles. The number of aryl methyl sites for hydroxylation is 1. The third kappa shape index (κ3) is 26.3. The number of amides is 5. The van der Waals surface area contributed by atoms with Gasteiger partial charge in [-0.15, -0.1) is 6.42 Å². The van der Waals surface area contributed by atoms with Gasteiger partial charge in [0.15, 0.2) is 0 Å². The molecule has 6 rings (SSSR count). The van der Waals surface area contributed by atoms with Crippen LogP contribution < -0.4 is 31.6 Å². The fraction of sp³-hybridized carbons (Fsp3) is 0.541. The molecule has 6 N–H and O–H groups in total. The number of rotatable bonds is 34. The summed E-state index contributed by atoms with van der Waals surface area (Å²) in [5, 5.41) is 28.2. The Morgan fingerprint density at radius 2 is 1.42 bits per heavy atom. The Balaban J connectivity index is 0.907. The molecule has 2 atom stereocenters. The first kappa shape index (κ1) is 71.3. The minimum absolute atomic E-state index is 0.00136. The number of pyridine rings is 1. The summed E-state index contributed by atoms with van der Waals surface area (Å²) in [7, 11) is 0. The summed E-state index contributed by atoms with van der Waals surface area (Å²) in [6.45, 7) is 7.80. The van der Waals surface area contributed by atoms with Crippen LogP contribution in [0.15, 0.2) is 70.0 Å².